The largest absolute Gasteiger partial charge is 0.396 e. The molecule has 32 heavy (non-hydrogen) atoms. The zero-order chi connectivity index (χ0) is 23.0. The predicted molar refractivity (Wildman–Crippen MR) is 124 cm³/mol. The van der Waals surface area contributed by atoms with Crippen LogP contribution in [0.3, 0.4) is 0 Å². The molecule has 2 aromatic rings. The van der Waals surface area contributed by atoms with Gasteiger partial charge in [0.1, 0.15) is 5.82 Å². The van der Waals surface area contributed by atoms with Crippen LogP contribution in [-0.4, -0.2) is 50.2 Å². The Hall–Kier alpha value is -2.20. The molecule has 0 radical (unpaired) electrons. The first-order valence-corrected chi connectivity index (χ1v) is 12.6. The van der Waals surface area contributed by atoms with E-state index in [0.717, 1.165) is 37.2 Å². The second kappa shape index (κ2) is 11.6. The zero-order valence-electron chi connectivity index (χ0n) is 17.8. The van der Waals surface area contributed by atoms with Gasteiger partial charge in [0.05, 0.1) is 4.90 Å². The number of amides is 1. The van der Waals surface area contributed by atoms with Crippen LogP contribution in [0.25, 0.3) is 0 Å². The van der Waals surface area contributed by atoms with Gasteiger partial charge in [-0.2, -0.15) is 0 Å². The van der Waals surface area contributed by atoms with Gasteiger partial charge >= 0.3 is 0 Å². The van der Waals surface area contributed by atoms with E-state index >= 15 is 0 Å². The molecule has 8 nitrogen and oxygen atoms in total. The van der Waals surface area contributed by atoms with Gasteiger partial charge in [-0.05, 0) is 55.5 Å². The number of aromatic nitrogens is 1. The summed E-state index contributed by atoms with van der Waals surface area (Å²) in [6, 6.07) is 10.1. The molecule has 10 heteroatoms. The van der Waals surface area contributed by atoms with Gasteiger partial charge in [0.2, 0.25) is 15.9 Å². The van der Waals surface area contributed by atoms with E-state index in [0.29, 0.717) is 17.6 Å². The first kappa shape index (κ1) is 24.4. The minimum Gasteiger partial charge on any atom is -0.396 e. The highest BCUT2D eigenvalue weighted by atomic mass is 35.5. The number of pyridine rings is 1. The van der Waals surface area contributed by atoms with E-state index in [1.54, 1.807) is 18.3 Å². The van der Waals surface area contributed by atoms with Gasteiger partial charge in [-0.3, -0.25) is 4.79 Å². The van der Waals surface area contributed by atoms with E-state index in [2.05, 4.69) is 19.9 Å². The molecule has 0 aliphatic carbocycles. The van der Waals surface area contributed by atoms with Gasteiger partial charge in [0.25, 0.3) is 0 Å². The maximum Gasteiger partial charge on any atom is 0.240 e. The van der Waals surface area contributed by atoms with Gasteiger partial charge in [0.15, 0.2) is 0 Å². The molecule has 0 saturated carbocycles. The number of hydrogen-bond donors (Lipinski definition) is 3. The molecular formula is C22H29ClN4O4S. The number of aliphatic hydroxyl groups excluding tert-OH is 1. The smallest absolute Gasteiger partial charge is 0.240 e. The molecule has 1 fully saturated rings. The molecule has 1 aromatic carbocycles. The van der Waals surface area contributed by atoms with Crippen molar-refractivity contribution in [2.45, 2.75) is 49.6 Å². The van der Waals surface area contributed by atoms with Crippen LogP contribution in [0.4, 0.5) is 5.82 Å². The number of nitrogens with one attached hydrogen (secondary N) is 2. The Bertz CT molecular complexity index is 999. The van der Waals surface area contributed by atoms with Gasteiger partial charge in [-0.25, -0.2) is 18.1 Å². The molecule has 1 aliphatic rings. The Kier molecular flexibility index (Phi) is 8.86. The monoisotopic (exact) mass is 480 g/mol. The molecule has 174 valence electrons. The van der Waals surface area contributed by atoms with Crippen LogP contribution in [0.5, 0.6) is 0 Å². The molecule has 0 unspecified atom stereocenters. The lowest BCUT2D eigenvalue weighted by atomic mass is 9.99. The fourth-order valence-corrected chi connectivity index (χ4v) is 5.08. The Morgan fingerprint density at radius 1 is 1.25 bits per heavy atom. The van der Waals surface area contributed by atoms with Gasteiger partial charge in [-0.15, -0.1) is 0 Å². The Balaban J connectivity index is 1.45. The predicted octanol–water partition coefficient (Wildman–Crippen LogP) is 2.46. The molecule has 0 bridgehead atoms. The molecule has 1 atom stereocenters. The Morgan fingerprint density at radius 3 is 2.81 bits per heavy atom. The lowest BCUT2D eigenvalue weighted by molar-refractivity contribution is -0.121. The second-order valence-corrected chi connectivity index (χ2v) is 9.97. The van der Waals surface area contributed by atoms with Crippen LogP contribution < -0.4 is 14.9 Å². The summed E-state index contributed by atoms with van der Waals surface area (Å²) in [6.07, 6.45) is 5.83. The van der Waals surface area contributed by atoms with Crippen molar-refractivity contribution in [3.05, 3.63) is 53.2 Å². The van der Waals surface area contributed by atoms with Crippen LogP contribution in [0.15, 0.2) is 47.5 Å². The van der Waals surface area contributed by atoms with Crippen LogP contribution in [0, 0.1) is 0 Å². The highest BCUT2D eigenvalue weighted by molar-refractivity contribution is 7.89. The number of sulfonamides is 1. The number of rotatable bonds is 10. The number of halogens is 1. The van der Waals surface area contributed by atoms with E-state index in [1.165, 1.54) is 18.6 Å². The normalized spacial score (nSPS) is 16.7. The summed E-state index contributed by atoms with van der Waals surface area (Å²) in [5, 5.41) is 12.4. The number of benzene rings is 1. The molecule has 3 rings (SSSR count). The van der Waals surface area contributed by atoms with E-state index < -0.39 is 10.0 Å². The van der Waals surface area contributed by atoms with Crippen molar-refractivity contribution in [3.8, 4) is 0 Å². The molecular weight excluding hydrogens is 452 g/mol. The molecule has 0 spiro atoms. The minimum absolute atomic E-state index is 0.0148. The number of hydrogen-bond acceptors (Lipinski definition) is 6. The van der Waals surface area contributed by atoms with Gasteiger partial charge in [0, 0.05) is 49.9 Å². The summed E-state index contributed by atoms with van der Waals surface area (Å²) < 4.78 is 26.9. The molecule has 1 aromatic heterocycles. The lowest BCUT2D eigenvalue weighted by Gasteiger charge is -2.36. The van der Waals surface area contributed by atoms with Crippen molar-refractivity contribution >= 4 is 33.3 Å². The Labute approximate surface area is 194 Å². The van der Waals surface area contributed by atoms with Crippen molar-refractivity contribution in [1.82, 2.24) is 15.0 Å². The number of carbonyl (C=O) groups excluding carboxylic acids is 1. The van der Waals surface area contributed by atoms with E-state index in [1.807, 2.05) is 12.1 Å². The van der Waals surface area contributed by atoms with E-state index in [-0.39, 0.29) is 30.4 Å². The van der Waals surface area contributed by atoms with Gasteiger partial charge in [-0.1, -0.05) is 23.7 Å². The quantitative estimate of drug-likeness (QED) is 0.481. The number of anilines is 1. The highest BCUT2D eigenvalue weighted by Crippen LogP contribution is 2.25. The SMILES string of the molecule is O=C(CCNS(=O)(=O)c1cccc(Cl)c1)NCc1ccc(N2CCCC[C@H]2CCO)nc1. The van der Waals surface area contributed by atoms with Crippen molar-refractivity contribution in [1.29, 1.82) is 0 Å². The average Bonchev–Trinajstić information content (AvgIpc) is 2.79. The fourth-order valence-electron chi connectivity index (χ4n) is 3.75. The van der Waals surface area contributed by atoms with Gasteiger partial charge < -0.3 is 15.3 Å². The third-order valence-electron chi connectivity index (χ3n) is 5.43. The third-order valence-corrected chi connectivity index (χ3v) is 7.13. The molecule has 1 amide bonds. The standard InChI is InChI=1S/C22H29ClN4O4S/c23-18-4-3-6-20(14-18)32(30,31)26-11-9-22(29)25-16-17-7-8-21(24-15-17)27-12-2-1-5-19(27)10-13-28/h3-4,6-8,14-15,19,26,28H,1-2,5,9-13,16H2,(H,25,29)/t19-/m0/s1. The Morgan fingerprint density at radius 2 is 2.09 bits per heavy atom. The van der Waals surface area contributed by atoms with Crippen LogP contribution in [0.2, 0.25) is 5.02 Å². The average molecular weight is 481 g/mol. The van der Waals surface area contributed by atoms with Crippen LogP contribution in [0.1, 0.15) is 37.7 Å². The first-order valence-electron chi connectivity index (χ1n) is 10.7. The summed E-state index contributed by atoms with van der Waals surface area (Å²) >= 11 is 5.84. The summed E-state index contributed by atoms with van der Waals surface area (Å²) in [4.78, 5) is 18.9. The first-order chi connectivity index (χ1) is 15.4. The summed E-state index contributed by atoms with van der Waals surface area (Å²) in [5.74, 6) is 0.621. The molecule has 1 saturated heterocycles. The maximum absolute atomic E-state index is 12.2. The molecule has 1 aliphatic heterocycles. The number of piperidine rings is 1. The minimum atomic E-state index is -3.71. The van der Waals surface area contributed by atoms with Crippen molar-refractivity contribution < 1.29 is 18.3 Å². The number of aliphatic hydroxyl groups is 1. The number of nitrogens with zero attached hydrogens (tertiary/aromatic N) is 2. The molecule has 3 N–H and O–H groups in total. The fraction of sp³-hybridized carbons (Fsp3) is 0.455. The van der Waals surface area contributed by atoms with Crippen molar-refractivity contribution in [3.63, 3.8) is 0 Å². The summed E-state index contributed by atoms with van der Waals surface area (Å²) in [7, 11) is -3.71. The topological polar surface area (TPSA) is 112 Å². The van der Waals surface area contributed by atoms with Crippen molar-refractivity contribution in [2.75, 3.05) is 24.6 Å². The lowest BCUT2D eigenvalue weighted by Crippen LogP contribution is -2.40. The van der Waals surface area contributed by atoms with E-state index in [9.17, 15) is 18.3 Å². The van der Waals surface area contributed by atoms with Crippen LogP contribution >= 0.6 is 11.6 Å². The van der Waals surface area contributed by atoms with Crippen LogP contribution in [-0.2, 0) is 21.4 Å². The third kappa shape index (κ3) is 6.90. The highest BCUT2D eigenvalue weighted by Gasteiger charge is 2.23. The second-order valence-electron chi connectivity index (χ2n) is 7.76. The summed E-state index contributed by atoms with van der Waals surface area (Å²) in [5.41, 5.74) is 0.859. The summed E-state index contributed by atoms with van der Waals surface area (Å²) in [6.45, 7) is 1.39. The maximum atomic E-state index is 12.2. The zero-order valence-corrected chi connectivity index (χ0v) is 19.4. The molecule has 2 heterocycles. The number of carbonyl (C=O) groups is 1. The van der Waals surface area contributed by atoms with E-state index in [4.69, 9.17) is 11.6 Å². The van der Waals surface area contributed by atoms with Crippen molar-refractivity contribution in [2.24, 2.45) is 0 Å².